The SMILES string of the molecule is Cc1cc(C#CCN)ccc1OC1CCS(=O)(=O)C1. The summed E-state index contributed by atoms with van der Waals surface area (Å²) in [6.07, 6.45) is 0.334. The van der Waals surface area contributed by atoms with Crippen LogP contribution in [0.3, 0.4) is 0 Å². The minimum atomic E-state index is -2.91. The van der Waals surface area contributed by atoms with Crippen molar-refractivity contribution in [3.63, 3.8) is 0 Å². The summed E-state index contributed by atoms with van der Waals surface area (Å²) >= 11 is 0. The molecular weight excluding hydrogens is 262 g/mol. The zero-order chi connectivity index (χ0) is 13.9. The molecule has 0 bridgehead atoms. The lowest BCUT2D eigenvalue weighted by molar-refractivity contribution is 0.227. The van der Waals surface area contributed by atoms with Crippen molar-refractivity contribution in [2.75, 3.05) is 18.1 Å². The lowest BCUT2D eigenvalue weighted by Gasteiger charge is -2.14. The normalized spacial score (nSPS) is 20.6. The van der Waals surface area contributed by atoms with Crippen LogP contribution in [0.2, 0.25) is 0 Å². The number of hydrogen-bond acceptors (Lipinski definition) is 4. The summed E-state index contributed by atoms with van der Waals surface area (Å²) in [5.74, 6) is 6.80. The molecule has 0 spiro atoms. The van der Waals surface area contributed by atoms with E-state index in [9.17, 15) is 8.42 Å². The summed E-state index contributed by atoms with van der Waals surface area (Å²) in [6.45, 7) is 2.25. The maximum atomic E-state index is 11.4. The van der Waals surface area contributed by atoms with E-state index in [0.29, 0.717) is 13.0 Å². The molecule has 1 saturated heterocycles. The Morgan fingerprint density at radius 1 is 1.47 bits per heavy atom. The molecule has 4 nitrogen and oxygen atoms in total. The van der Waals surface area contributed by atoms with Crippen LogP contribution >= 0.6 is 0 Å². The number of hydrogen-bond donors (Lipinski definition) is 1. The van der Waals surface area contributed by atoms with Crippen LogP contribution in [0.15, 0.2) is 18.2 Å². The van der Waals surface area contributed by atoms with Gasteiger partial charge in [0.2, 0.25) is 0 Å². The second-order valence-corrected chi connectivity index (χ2v) is 6.86. The number of sulfone groups is 1. The molecule has 1 fully saturated rings. The molecule has 1 unspecified atom stereocenters. The second kappa shape index (κ2) is 5.64. The molecule has 1 aliphatic rings. The zero-order valence-corrected chi connectivity index (χ0v) is 11.7. The lowest BCUT2D eigenvalue weighted by atomic mass is 10.1. The Labute approximate surface area is 113 Å². The minimum Gasteiger partial charge on any atom is -0.489 e. The summed E-state index contributed by atoms with van der Waals surface area (Å²) in [4.78, 5) is 0. The number of benzene rings is 1. The van der Waals surface area contributed by atoms with E-state index in [4.69, 9.17) is 10.5 Å². The summed E-state index contributed by atoms with van der Waals surface area (Å²) < 4.78 is 28.5. The topological polar surface area (TPSA) is 69.4 Å². The number of aryl methyl sites for hydroxylation is 1. The first-order valence-electron chi connectivity index (χ1n) is 6.17. The van der Waals surface area contributed by atoms with Crippen molar-refractivity contribution in [1.82, 2.24) is 0 Å². The van der Waals surface area contributed by atoms with Gasteiger partial charge in [0.15, 0.2) is 9.84 Å². The van der Waals surface area contributed by atoms with Crippen LogP contribution in [-0.2, 0) is 9.84 Å². The molecule has 2 rings (SSSR count). The quantitative estimate of drug-likeness (QED) is 0.816. The van der Waals surface area contributed by atoms with Crippen molar-refractivity contribution in [1.29, 1.82) is 0 Å². The van der Waals surface area contributed by atoms with Crippen LogP contribution in [-0.4, -0.2) is 32.6 Å². The van der Waals surface area contributed by atoms with Crippen LogP contribution in [0.1, 0.15) is 17.5 Å². The van der Waals surface area contributed by atoms with E-state index in [2.05, 4.69) is 11.8 Å². The predicted octanol–water partition coefficient (Wildman–Crippen LogP) is 0.871. The highest BCUT2D eigenvalue weighted by Crippen LogP contribution is 2.24. The molecule has 1 heterocycles. The van der Waals surface area contributed by atoms with Gasteiger partial charge >= 0.3 is 0 Å². The molecule has 2 N–H and O–H groups in total. The lowest BCUT2D eigenvalue weighted by Crippen LogP contribution is -2.18. The van der Waals surface area contributed by atoms with Crippen LogP contribution in [0.4, 0.5) is 0 Å². The van der Waals surface area contributed by atoms with Gasteiger partial charge < -0.3 is 10.5 Å². The first-order valence-corrected chi connectivity index (χ1v) is 7.99. The van der Waals surface area contributed by atoms with Crippen molar-refractivity contribution in [2.45, 2.75) is 19.4 Å². The molecule has 5 heteroatoms. The van der Waals surface area contributed by atoms with Gasteiger partial charge in [0.25, 0.3) is 0 Å². The van der Waals surface area contributed by atoms with E-state index in [1.807, 2.05) is 25.1 Å². The maximum Gasteiger partial charge on any atom is 0.154 e. The van der Waals surface area contributed by atoms with Crippen LogP contribution < -0.4 is 10.5 Å². The Morgan fingerprint density at radius 2 is 2.26 bits per heavy atom. The molecule has 0 radical (unpaired) electrons. The van der Waals surface area contributed by atoms with Gasteiger partial charge in [0.05, 0.1) is 18.1 Å². The standard InChI is InChI=1S/C14H17NO3S/c1-11-9-12(3-2-7-15)4-5-14(11)18-13-6-8-19(16,17)10-13/h4-5,9,13H,6-8,10,15H2,1H3. The smallest absolute Gasteiger partial charge is 0.154 e. The fourth-order valence-corrected chi connectivity index (χ4v) is 3.64. The molecule has 19 heavy (non-hydrogen) atoms. The van der Waals surface area contributed by atoms with Crippen molar-refractivity contribution in [3.05, 3.63) is 29.3 Å². The monoisotopic (exact) mass is 279 g/mol. The summed E-state index contributed by atoms with van der Waals surface area (Å²) in [6, 6.07) is 5.61. The van der Waals surface area contributed by atoms with Gasteiger partial charge in [-0.15, -0.1) is 0 Å². The summed E-state index contributed by atoms with van der Waals surface area (Å²) in [7, 11) is -2.91. The van der Waals surface area contributed by atoms with E-state index >= 15 is 0 Å². The van der Waals surface area contributed by atoms with Gasteiger partial charge in [0, 0.05) is 5.56 Å². The Balaban J connectivity index is 2.10. The highest BCUT2D eigenvalue weighted by atomic mass is 32.2. The molecule has 0 amide bonds. The second-order valence-electron chi connectivity index (χ2n) is 4.63. The van der Waals surface area contributed by atoms with Gasteiger partial charge in [-0.1, -0.05) is 11.8 Å². The third kappa shape index (κ3) is 3.72. The summed E-state index contributed by atoms with van der Waals surface area (Å²) in [5.41, 5.74) is 7.16. The molecule has 1 aromatic carbocycles. The fraction of sp³-hybridized carbons (Fsp3) is 0.429. The third-order valence-corrected chi connectivity index (χ3v) is 4.73. The maximum absolute atomic E-state index is 11.4. The van der Waals surface area contributed by atoms with Crippen LogP contribution in [0.25, 0.3) is 0 Å². The Bertz CT molecular complexity index is 626. The van der Waals surface area contributed by atoms with E-state index in [0.717, 1.165) is 16.9 Å². The zero-order valence-electron chi connectivity index (χ0n) is 10.8. The van der Waals surface area contributed by atoms with E-state index < -0.39 is 9.84 Å². The predicted molar refractivity (Wildman–Crippen MR) is 74.8 cm³/mol. The number of ether oxygens (including phenoxy) is 1. The molecule has 0 saturated carbocycles. The molecular formula is C14H17NO3S. The Kier molecular flexibility index (Phi) is 4.13. The Morgan fingerprint density at radius 3 is 2.84 bits per heavy atom. The van der Waals surface area contributed by atoms with E-state index in [1.165, 1.54) is 0 Å². The van der Waals surface area contributed by atoms with Gasteiger partial charge in [-0.2, -0.15) is 0 Å². The molecule has 1 aliphatic heterocycles. The number of nitrogens with two attached hydrogens (primary N) is 1. The van der Waals surface area contributed by atoms with Gasteiger partial charge in [-0.3, -0.25) is 0 Å². The summed E-state index contributed by atoms with van der Waals surface area (Å²) in [5, 5.41) is 0. The molecule has 0 aliphatic carbocycles. The first-order chi connectivity index (χ1) is 9.00. The third-order valence-electron chi connectivity index (χ3n) is 2.99. The largest absolute Gasteiger partial charge is 0.489 e. The van der Waals surface area contributed by atoms with Crippen molar-refractivity contribution < 1.29 is 13.2 Å². The molecule has 0 aromatic heterocycles. The average molecular weight is 279 g/mol. The highest BCUT2D eigenvalue weighted by molar-refractivity contribution is 7.91. The van der Waals surface area contributed by atoms with Crippen molar-refractivity contribution >= 4 is 9.84 Å². The molecule has 102 valence electrons. The van der Waals surface area contributed by atoms with Crippen molar-refractivity contribution in [2.24, 2.45) is 5.73 Å². The van der Waals surface area contributed by atoms with E-state index in [-0.39, 0.29) is 17.6 Å². The first kappa shape index (κ1) is 13.9. The fourth-order valence-electron chi connectivity index (χ4n) is 2.05. The van der Waals surface area contributed by atoms with Gasteiger partial charge in [-0.25, -0.2) is 8.42 Å². The van der Waals surface area contributed by atoms with Crippen LogP contribution in [0, 0.1) is 18.8 Å². The Hall–Kier alpha value is -1.51. The average Bonchev–Trinajstić information content (AvgIpc) is 2.69. The molecule has 1 atom stereocenters. The highest BCUT2D eigenvalue weighted by Gasteiger charge is 2.29. The van der Waals surface area contributed by atoms with Crippen molar-refractivity contribution in [3.8, 4) is 17.6 Å². The number of rotatable bonds is 2. The van der Waals surface area contributed by atoms with Gasteiger partial charge in [-0.05, 0) is 37.1 Å². The van der Waals surface area contributed by atoms with E-state index in [1.54, 1.807) is 0 Å². The minimum absolute atomic E-state index is 0.112. The van der Waals surface area contributed by atoms with Gasteiger partial charge in [0.1, 0.15) is 11.9 Å². The molecule has 1 aromatic rings. The van der Waals surface area contributed by atoms with Crippen LogP contribution in [0.5, 0.6) is 5.75 Å².